The fraction of sp³-hybridized carbons (Fsp3) is 0.538. The highest BCUT2D eigenvalue weighted by Gasteiger charge is 2.14. The molecule has 16 heavy (non-hydrogen) atoms. The topological polar surface area (TPSA) is 55.5 Å². The molecule has 0 saturated heterocycles. The second-order valence-corrected chi connectivity index (χ2v) is 4.39. The molecule has 0 saturated carbocycles. The first-order valence-electron chi connectivity index (χ1n) is 5.56. The van der Waals surface area contributed by atoms with Gasteiger partial charge >= 0.3 is 0 Å². The van der Waals surface area contributed by atoms with Crippen molar-refractivity contribution in [2.45, 2.75) is 32.7 Å². The standard InChI is InChI=1S/C13H21NO2/c1-8(2)10-6-11(12(14)7-15)9(3)5-13(10)16-4/h5-6,8,12,15H,7,14H2,1-4H3. The van der Waals surface area contributed by atoms with E-state index in [4.69, 9.17) is 15.6 Å². The third-order valence-electron chi connectivity index (χ3n) is 2.84. The van der Waals surface area contributed by atoms with Crippen LogP contribution in [-0.4, -0.2) is 18.8 Å². The van der Waals surface area contributed by atoms with Gasteiger partial charge in [0, 0.05) is 0 Å². The van der Waals surface area contributed by atoms with E-state index >= 15 is 0 Å². The van der Waals surface area contributed by atoms with Gasteiger partial charge < -0.3 is 15.6 Å². The molecule has 0 fully saturated rings. The number of aryl methyl sites for hydroxylation is 1. The molecule has 1 rings (SSSR count). The largest absolute Gasteiger partial charge is 0.496 e. The van der Waals surface area contributed by atoms with Crippen LogP contribution in [0, 0.1) is 6.92 Å². The Balaban J connectivity index is 3.27. The number of benzene rings is 1. The number of ether oxygens (including phenoxy) is 1. The summed E-state index contributed by atoms with van der Waals surface area (Å²) in [5.74, 6) is 1.27. The summed E-state index contributed by atoms with van der Waals surface area (Å²) in [6, 6.07) is 3.71. The molecule has 3 heteroatoms. The third kappa shape index (κ3) is 2.54. The predicted octanol–water partition coefficient (Wildman–Crippen LogP) is 2.12. The normalized spacial score (nSPS) is 12.9. The zero-order valence-electron chi connectivity index (χ0n) is 10.4. The number of aliphatic hydroxyl groups is 1. The average Bonchev–Trinajstić information content (AvgIpc) is 2.27. The van der Waals surface area contributed by atoms with E-state index in [-0.39, 0.29) is 12.6 Å². The van der Waals surface area contributed by atoms with Crippen LogP contribution in [0.4, 0.5) is 0 Å². The molecule has 0 radical (unpaired) electrons. The van der Waals surface area contributed by atoms with Crippen LogP contribution in [0.25, 0.3) is 0 Å². The van der Waals surface area contributed by atoms with Crippen LogP contribution in [0.2, 0.25) is 0 Å². The third-order valence-corrected chi connectivity index (χ3v) is 2.84. The van der Waals surface area contributed by atoms with Gasteiger partial charge in [0.2, 0.25) is 0 Å². The van der Waals surface area contributed by atoms with Crippen LogP contribution >= 0.6 is 0 Å². The van der Waals surface area contributed by atoms with Crippen LogP contribution in [0.5, 0.6) is 5.75 Å². The van der Waals surface area contributed by atoms with Crippen molar-refractivity contribution in [3.05, 3.63) is 28.8 Å². The van der Waals surface area contributed by atoms with Crippen molar-refractivity contribution >= 4 is 0 Å². The highest BCUT2D eigenvalue weighted by atomic mass is 16.5. The molecule has 1 aromatic carbocycles. The van der Waals surface area contributed by atoms with Gasteiger partial charge in [0.05, 0.1) is 19.8 Å². The van der Waals surface area contributed by atoms with Gasteiger partial charge in [-0.25, -0.2) is 0 Å². The summed E-state index contributed by atoms with van der Waals surface area (Å²) >= 11 is 0. The Morgan fingerprint density at radius 3 is 2.38 bits per heavy atom. The van der Waals surface area contributed by atoms with Gasteiger partial charge in [0.15, 0.2) is 0 Å². The Bertz CT molecular complexity index is 361. The second-order valence-electron chi connectivity index (χ2n) is 4.39. The summed E-state index contributed by atoms with van der Waals surface area (Å²) in [7, 11) is 1.67. The van der Waals surface area contributed by atoms with Crippen molar-refractivity contribution < 1.29 is 9.84 Å². The lowest BCUT2D eigenvalue weighted by Gasteiger charge is -2.18. The van der Waals surface area contributed by atoms with Crippen LogP contribution in [0.3, 0.4) is 0 Å². The number of hydrogen-bond acceptors (Lipinski definition) is 3. The van der Waals surface area contributed by atoms with Crippen LogP contribution in [0.15, 0.2) is 12.1 Å². The number of hydrogen-bond donors (Lipinski definition) is 2. The Hall–Kier alpha value is -1.06. The van der Waals surface area contributed by atoms with Crippen molar-refractivity contribution in [2.24, 2.45) is 5.73 Å². The molecule has 0 aliphatic rings. The summed E-state index contributed by atoms with van der Waals surface area (Å²) < 4.78 is 5.35. The van der Waals surface area contributed by atoms with Crippen molar-refractivity contribution in [1.82, 2.24) is 0 Å². The van der Waals surface area contributed by atoms with E-state index in [0.717, 1.165) is 22.4 Å². The number of nitrogens with two attached hydrogens (primary N) is 1. The molecule has 0 spiro atoms. The van der Waals surface area contributed by atoms with E-state index in [9.17, 15) is 0 Å². The van der Waals surface area contributed by atoms with Gasteiger partial charge in [-0.2, -0.15) is 0 Å². The van der Waals surface area contributed by atoms with Gasteiger partial charge in [0.25, 0.3) is 0 Å². The Kier molecular flexibility index (Phi) is 4.33. The van der Waals surface area contributed by atoms with Gasteiger partial charge in [-0.3, -0.25) is 0 Å². The van der Waals surface area contributed by atoms with Gasteiger partial charge in [-0.05, 0) is 41.7 Å². The van der Waals surface area contributed by atoms with E-state index in [0.29, 0.717) is 5.92 Å². The number of aliphatic hydroxyl groups excluding tert-OH is 1. The molecular weight excluding hydrogens is 202 g/mol. The summed E-state index contributed by atoms with van der Waals surface area (Å²) in [5, 5.41) is 9.11. The highest BCUT2D eigenvalue weighted by Crippen LogP contribution is 2.31. The van der Waals surface area contributed by atoms with Gasteiger partial charge in [-0.1, -0.05) is 13.8 Å². The SMILES string of the molecule is COc1cc(C)c(C(N)CO)cc1C(C)C. The molecule has 90 valence electrons. The molecule has 3 nitrogen and oxygen atoms in total. The van der Waals surface area contributed by atoms with Gasteiger partial charge in [-0.15, -0.1) is 0 Å². The second kappa shape index (κ2) is 5.32. The van der Waals surface area contributed by atoms with E-state index in [1.807, 2.05) is 19.1 Å². The minimum atomic E-state index is -0.316. The molecule has 0 bridgehead atoms. The van der Waals surface area contributed by atoms with Crippen molar-refractivity contribution in [2.75, 3.05) is 13.7 Å². The lowest BCUT2D eigenvalue weighted by Crippen LogP contribution is -2.16. The molecule has 0 amide bonds. The van der Waals surface area contributed by atoms with Crippen LogP contribution in [0.1, 0.15) is 42.5 Å². The summed E-state index contributed by atoms with van der Waals surface area (Å²) in [4.78, 5) is 0. The predicted molar refractivity (Wildman–Crippen MR) is 65.8 cm³/mol. The minimum Gasteiger partial charge on any atom is -0.496 e. The smallest absolute Gasteiger partial charge is 0.122 e. The molecule has 0 aromatic heterocycles. The first-order chi connectivity index (χ1) is 7.51. The zero-order chi connectivity index (χ0) is 12.3. The maximum atomic E-state index is 9.11. The lowest BCUT2D eigenvalue weighted by molar-refractivity contribution is 0.267. The minimum absolute atomic E-state index is 0.0370. The van der Waals surface area contributed by atoms with Gasteiger partial charge in [0.1, 0.15) is 5.75 Å². The average molecular weight is 223 g/mol. The van der Waals surface area contributed by atoms with Crippen molar-refractivity contribution in [3.63, 3.8) is 0 Å². The Morgan fingerprint density at radius 2 is 1.94 bits per heavy atom. The van der Waals surface area contributed by atoms with E-state index < -0.39 is 0 Å². The van der Waals surface area contributed by atoms with Crippen molar-refractivity contribution in [3.8, 4) is 5.75 Å². The summed E-state index contributed by atoms with van der Waals surface area (Å²) in [6.07, 6.45) is 0. The molecule has 1 atom stereocenters. The quantitative estimate of drug-likeness (QED) is 0.822. The first-order valence-corrected chi connectivity index (χ1v) is 5.56. The fourth-order valence-corrected chi connectivity index (χ4v) is 1.84. The molecule has 1 aromatic rings. The molecule has 0 aliphatic carbocycles. The molecule has 1 unspecified atom stereocenters. The fourth-order valence-electron chi connectivity index (χ4n) is 1.84. The lowest BCUT2D eigenvalue weighted by atomic mass is 9.93. The van der Waals surface area contributed by atoms with Crippen LogP contribution < -0.4 is 10.5 Å². The Labute approximate surface area is 97.2 Å². The first kappa shape index (κ1) is 13.0. The van der Waals surface area contributed by atoms with Crippen molar-refractivity contribution in [1.29, 1.82) is 0 Å². The number of methoxy groups -OCH3 is 1. The van der Waals surface area contributed by atoms with E-state index in [1.54, 1.807) is 7.11 Å². The molecule has 0 aliphatic heterocycles. The number of rotatable bonds is 4. The Morgan fingerprint density at radius 1 is 1.31 bits per heavy atom. The van der Waals surface area contributed by atoms with E-state index in [2.05, 4.69) is 13.8 Å². The highest BCUT2D eigenvalue weighted by molar-refractivity contribution is 5.45. The summed E-state index contributed by atoms with van der Waals surface area (Å²) in [6.45, 7) is 6.17. The zero-order valence-corrected chi connectivity index (χ0v) is 10.4. The molecule has 3 N–H and O–H groups in total. The monoisotopic (exact) mass is 223 g/mol. The summed E-state index contributed by atoms with van der Waals surface area (Å²) in [5.41, 5.74) is 9.05. The van der Waals surface area contributed by atoms with Crippen LogP contribution in [-0.2, 0) is 0 Å². The molecule has 0 heterocycles. The van der Waals surface area contributed by atoms with E-state index in [1.165, 1.54) is 0 Å². The maximum Gasteiger partial charge on any atom is 0.122 e. The molecular formula is C13H21NO2. The maximum absolute atomic E-state index is 9.11.